The molecule has 0 unspecified atom stereocenters. The number of anilines is 1. The van der Waals surface area contributed by atoms with Crippen LogP contribution in [0.2, 0.25) is 0 Å². The summed E-state index contributed by atoms with van der Waals surface area (Å²) < 4.78 is 6.09. The average Bonchev–Trinajstić information content (AvgIpc) is 2.40. The molecule has 90 valence electrons. The normalized spacial score (nSPS) is 23.9. The number of hydrogen-bond donors (Lipinski definition) is 2. The summed E-state index contributed by atoms with van der Waals surface area (Å²) in [7, 11) is 1.76. The molecule has 2 N–H and O–H groups in total. The number of amidine groups is 1. The topological polar surface area (TPSA) is 45.7 Å². The van der Waals surface area contributed by atoms with E-state index in [1.807, 2.05) is 6.07 Å². The Morgan fingerprint density at radius 3 is 2.76 bits per heavy atom. The number of nitrogens with zero attached hydrogens (tertiary/aromatic N) is 1. The van der Waals surface area contributed by atoms with Crippen molar-refractivity contribution in [2.24, 2.45) is 4.99 Å². The second-order valence-corrected chi connectivity index (χ2v) is 4.55. The standard InChI is InChI=1S/C13H17N3O/c1-14-12-16-11-5-3-2-4-10(11)13(17-12)6-8-15-9-7-13/h2-5,15H,6-9H2,1H3,(H,14,16). The fourth-order valence-electron chi connectivity index (χ4n) is 2.67. The third-order valence-corrected chi connectivity index (χ3v) is 3.57. The van der Waals surface area contributed by atoms with Crippen molar-refractivity contribution in [1.82, 2.24) is 5.32 Å². The van der Waals surface area contributed by atoms with Gasteiger partial charge in [-0.15, -0.1) is 0 Å². The molecule has 1 spiro atoms. The molecule has 0 radical (unpaired) electrons. The smallest absolute Gasteiger partial charge is 0.289 e. The van der Waals surface area contributed by atoms with E-state index in [9.17, 15) is 0 Å². The lowest BCUT2D eigenvalue weighted by Crippen LogP contribution is -2.47. The van der Waals surface area contributed by atoms with Gasteiger partial charge in [-0.25, -0.2) is 4.99 Å². The van der Waals surface area contributed by atoms with Crippen molar-refractivity contribution < 1.29 is 4.74 Å². The van der Waals surface area contributed by atoms with Gasteiger partial charge in [-0.1, -0.05) is 18.2 Å². The predicted molar refractivity (Wildman–Crippen MR) is 68.3 cm³/mol. The number of rotatable bonds is 0. The van der Waals surface area contributed by atoms with Crippen molar-refractivity contribution in [2.45, 2.75) is 18.4 Å². The summed E-state index contributed by atoms with van der Waals surface area (Å²) in [6, 6.07) is 8.99. The Balaban J connectivity index is 2.08. The van der Waals surface area contributed by atoms with Gasteiger partial charge >= 0.3 is 0 Å². The molecular weight excluding hydrogens is 214 g/mol. The third kappa shape index (κ3) is 1.69. The molecule has 1 saturated heterocycles. The molecule has 1 aromatic carbocycles. The summed E-state index contributed by atoms with van der Waals surface area (Å²) in [6.07, 6.45) is 1.98. The first-order valence-electron chi connectivity index (χ1n) is 6.07. The van der Waals surface area contributed by atoms with Crippen molar-refractivity contribution in [3.8, 4) is 0 Å². The van der Waals surface area contributed by atoms with Crippen LogP contribution < -0.4 is 10.6 Å². The number of fused-ring (bicyclic) bond motifs is 2. The fraction of sp³-hybridized carbons (Fsp3) is 0.462. The molecule has 2 aliphatic rings. The summed E-state index contributed by atoms with van der Waals surface area (Å²) in [5, 5.41) is 6.61. The molecule has 0 bridgehead atoms. The van der Waals surface area contributed by atoms with E-state index in [1.54, 1.807) is 7.05 Å². The van der Waals surface area contributed by atoms with E-state index in [0.29, 0.717) is 6.02 Å². The molecule has 1 fully saturated rings. The van der Waals surface area contributed by atoms with Crippen LogP contribution in [-0.2, 0) is 10.3 Å². The molecule has 17 heavy (non-hydrogen) atoms. The molecular formula is C13H17N3O. The van der Waals surface area contributed by atoms with Crippen molar-refractivity contribution in [3.63, 3.8) is 0 Å². The van der Waals surface area contributed by atoms with Gasteiger partial charge in [0, 0.05) is 31.1 Å². The molecule has 2 heterocycles. The summed E-state index contributed by atoms with van der Waals surface area (Å²) >= 11 is 0. The molecule has 0 saturated carbocycles. The Bertz CT molecular complexity index is 450. The highest BCUT2D eigenvalue weighted by atomic mass is 16.5. The van der Waals surface area contributed by atoms with Crippen molar-refractivity contribution >= 4 is 11.7 Å². The molecule has 4 heteroatoms. The molecule has 0 aromatic heterocycles. The minimum atomic E-state index is -0.193. The Kier molecular flexibility index (Phi) is 2.52. The van der Waals surface area contributed by atoms with Crippen molar-refractivity contribution in [3.05, 3.63) is 29.8 Å². The lowest BCUT2D eigenvalue weighted by molar-refractivity contribution is 0.0169. The molecule has 1 aromatic rings. The highest BCUT2D eigenvalue weighted by Crippen LogP contribution is 2.41. The van der Waals surface area contributed by atoms with E-state index in [2.05, 4.69) is 33.8 Å². The third-order valence-electron chi connectivity index (χ3n) is 3.57. The highest BCUT2D eigenvalue weighted by molar-refractivity contribution is 5.92. The number of para-hydroxylation sites is 1. The number of benzene rings is 1. The van der Waals surface area contributed by atoms with Gasteiger partial charge < -0.3 is 15.4 Å². The van der Waals surface area contributed by atoms with E-state index in [-0.39, 0.29) is 5.60 Å². The first-order valence-corrected chi connectivity index (χ1v) is 6.07. The zero-order chi connectivity index (χ0) is 11.7. The van der Waals surface area contributed by atoms with Crippen molar-refractivity contribution in [1.29, 1.82) is 0 Å². The van der Waals surface area contributed by atoms with Gasteiger partial charge in [-0.2, -0.15) is 0 Å². The summed E-state index contributed by atoms with van der Waals surface area (Å²) in [5.41, 5.74) is 2.19. The SMILES string of the molecule is CN=C1Nc2ccccc2C2(CCNCC2)O1. The average molecular weight is 231 g/mol. The van der Waals surface area contributed by atoms with Gasteiger partial charge in [-0.3, -0.25) is 0 Å². The number of ether oxygens (including phenoxy) is 1. The summed E-state index contributed by atoms with van der Waals surface area (Å²) in [6.45, 7) is 1.98. The molecule has 0 amide bonds. The zero-order valence-electron chi connectivity index (χ0n) is 9.99. The summed E-state index contributed by atoms with van der Waals surface area (Å²) in [5.74, 6) is 0. The van der Waals surface area contributed by atoms with Gasteiger partial charge in [0.2, 0.25) is 0 Å². The largest absolute Gasteiger partial charge is 0.453 e. The van der Waals surface area contributed by atoms with Crippen LogP contribution >= 0.6 is 0 Å². The Hall–Kier alpha value is -1.55. The summed E-state index contributed by atoms with van der Waals surface area (Å²) in [4.78, 5) is 4.16. The van der Waals surface area contributed by atoms with Crippen LogP contribution in [-0.4, -0.2) is 26.2 Å². The fourth-order valence-corrected chi connectivity index (χ4v) is 2.67. The van der Waals surface area contributed by atoms with E-state index in [4.69, 9.17) is 4.74 Å². The van der Waals surface area contributed by atoms with E-state index >= 15 is 0 Å². The number of nitrogens with one attached hydrogen (secondary N) is 2. The van der Waals surface area contributed by atoms with E-state index in [0.717, 1.165) is 31.6 Å². The molecule has 0 atom stereocenters. The zero-order valence-corrected chi connectivity index (χ0v) is 9.99. The van der Waals surface area contributed by atoms with Crippen LogP contribution in [0.1, 0.15) is 18.4 Å². The number of piperidine rings is 1. The van der Waals surface area contributed by atoms with Crippen molar-refractivity contribution in [2.75, 3.05) is 25.5 Å². The Labute approximate surface area is 101 Å². The van der Waals surface area contributed by atoms with Gasteiger partial charge in [0.05, 0.1) is 0 Å². The van der Waals surface area contributed by atoms with Gasteiger partial charge in [0.25, 0.3) is 6.02 Å². The molecule has 0 aliphatic carbocycles. The maximum atomic E-state index is 6.09. The van der Waals surface area contributed by atoms with E-state index < -0.39 is 0 Å². The quantitative estimate of drug-likeness (QED) is 0.714. The maximum Gasteiger partial charge on any atom is 0.289 e. The highest BCUT2D eigenvalue weighted by Gasteiger charge is 2.41. The van der Waals surface area contributed by atoms with Crippen LogP contribution in [0, 0.1) is 0 Å². The number of hydrogen-bond acceptors (Lipinski definition) is 3. The first kappa shape index (κ1) is 10.6. The second-order valence-electron chi connectivity index (χ2n) is 4.55. The predicted octanol–water partition coefficient (Wildman–Crippen LogP) is 1.69. The Morgan fingerprint density at radius 2 is 2.00 bits per heavy atom. The van der Waals surface area contributed by atoms with Crippen LogP contribution in [0.5, 0.6) is 0 Å². The van der Waals surface area contributed by atoms with Gasteiger partial charge in [0.1, 0.15) is 5.60 Å². The Morgan fingerprint density at radius 1 is 1.24 bits per heavy atom. The maximum absolute atomic E-state index is 6.09. The van der Waals surface area contributed by atoms with Crippen LogP contribution in [0.4, 0.5) is 5.69 Å². The lowest BCUT2D eigenvalue weighted by Gasteiger charge is -2.42. The van der Waals surface area contributed by atoms with Crippen LogP contribution in [0.15, 0.2) is 29.3 Å². The van der Waals surface area contributed by atoms with Crippen LogP contribution in [0.3, 0.4) is 0 Å². The minimum Gasteiger partial charge on any atom is -0.453 e. The molecule has 3 rings (SSSR count). The van der Waals surface area contributed by atoms with Gasteiger partial charge in [0.15, 0.2) is 0 Å². The lowest BCUT2D eigenvalue weighted by atomic mass is 9.83. The molecule has 2 aliphatic heterocycles. The number of aliphatic imine (C=N–C) groups is 1. The van der Waals surface area contributed by atoms with Gasteiger partial charge in [-0.05, 0) is 19.2 Å². The van der Waals surface area contributed by atoms with E-state index in [1.165, 1.54) is 5.56 Å². The minimum absolute atomic E-state index is 0.193. The van der Waals surface area contributed by atoms with Crippen LogP contribution in [0.25, 0.3) is 0 Å². The second kappa shape index (κ2) is 4.04. The molecule has 4 nitrogen and oxygen atoms in total. The first-order chi connectivity index (χ1) is 8.34. The monoisotopic (exact) mass is 231 g/mol.